The topological polar surface area (TPSA) is 58.1 Å². The first-order chi connectivity index (χ1) is 13.2. The molecule has 6 heteroatoms. The van der Waals surface area contributed by atoms with Crippen molar-refractivity contribution in [3.8, 4) is 0 Å². The lowest BCUT2D eigenvalue weighted by atomic mass is 10.0. The number of amides is 1. The molecule has 0 aliphatic carbocycles. The highest BCUT2D eigenvalue weighted by Crippen LogP contribution is 2.29. The lowest BCUT2D eigenvalue weighted by Crippen LogP contribution is -2.47. The van der Waals surface area contributed by atoms with Crippen molar-refractivity contribution in [2.75, 3.05) is 18.0 Å². The van der Waals surface area contributed by atoms with Gasteiger partial charge in [-0.15, -0.1) is 0 Å². The summed E-state index contributed by atoms with van der Waals surface area (Å²) < 4.78 is 13.8. The van der Waals surface area contributed by atoms with E-state index in [4.69, 9.17) is 0 Å². The van der Waals surface area contributed by atoms with Gasteiger partial charge in [-0.3, -0.25) is 4.79 Å². The summed E-state index contributed by atoms with van der Waals surface area (Å²) in [4.78, 5) is 23.2. The van der Waals surface area contributed by atoms with Gasteiger partial charge in [0.15, 0.2) is 0 Å². The second kappa shape index (κ2) is 7.70. The Labute approximate surface area is 157 Å². The number of benzene rings is 2. The van der Waals surface area contributed by atoms with Gasteiger partial charge in [0.25, 0.3) is 5.91 Å². The van der Waals surface area contributed by atoms with Crippen molar-refractivity contribution in [1.29, 1.82) is 0 Å². The fourth-order valence-electron chi connectivity index (χ4n) is 3.64. The number of aromatic nitrogens is 2. The van der Waals surface area contributed by atoms with Crippen LogP contribution in [0.15, 0.2) is 54.9 Å². The zero-order valence-electron chi connectivity index (χ0n) is 14.9. The number of hydrogen-bond acceptors (Lipinski definition) is 4. The number of anilines is 1. The highest BCUT2D eigenvalue weighted by Gasteiger charge is 2.26. The molecule has 1 saturated heterocycles. The van der Waals surface area contributed by atoms with E-state index in [1.807, 2.05) is 18.2 Å². The van der Waals surface area contributed by atoms with E-state index >= 15 is 0 Å². The van der Waals surface area contributed by atoms with Gasteiger partial charge in [0.1, 0.15) is 18.0 Å². The third-order valence-corrected chi connectivity index (χ3v) is 5.01. The molecule has 4 rings (SSSR count). The first kappa shape index (κ1) is 17.4. The summed E-state index contributed by atoms with van der Waals surface area (Å²) in [6.45, 7) is 1.35. The molecule has 0 radical (unpaired) electrons. The third-order valence-electron chi connectivity index (χ3n) is 5.01. The summed E-state index contributed by atoms with van der Waals surface area (Å²) >= 11 is 0. The number of nitrogens with one attached hydrogen (secondary N) is 1. The molecule has 1 atom stereocenters. The molecule has 0 saturated carbocycles. The molecular formula is C21H21FN4O. The fraction of sp³-hybridized carbons (Fsp3) is 0.286. The molecule has 1 aliphatic rings. The van der Waals surface area contributed by atoms with Crippen LogP contribution in [0, 0.1) is 5.82 Å². The molecule has 1 amide bonds. The van der Waals surface area contributed by atoms with Crippen molar-refractivity contribution in [1.82, 2.24) is 15.3 Å². The van der Waals surface area contributed by atoms with Crippen LogP contribution in [-0.2, 0) is 0 Å². The molecule has 138 valence electrons. The summed E-state index contributed by atoms with van der Waals surface area (Å²) in [6, 6.07) is 13.9. The van der Waals surface area contributed by atoms with Crippen molar-refractivity contribution >= 4 is 22.6 Å². The van der Waals surface area contributed by atoms with Gasteiger partial charge in [-0.2, -0.15) is 0 Å². The minimum absolute atomic E-state index is 0.0836. The van der Waals surface area contributed by atoms with Gasteiger partial charge in [0, 0.05) is 30.1 Å². The number of hydrogen-bond donors (Lipinski definition) is 1. The first-order valence-electron chi connectivity index (χ1n) is 9.22. The van der Waals surface area contributed by atoms with Crippen LogP contribution in [0.3, 0.4) is 0 Å². The predicted octanol–water partition coefficient (Wildman–Crippen LogP) is 3.56. The molecule has 1 fully saturated rings. The van der Waals surface area contributed by atoms with Crippen LogP contribution in [0.5, 0.6) is 0 Å². The standard InChI is InChI=1S/C21H21FN4O/c22-16-9-10-19-18(12-16)20(25-14-24-19)26-11-5-4-8-17(26)13-23-21(27)15-6-2-1-3-7-15/h1-3,6-7,9-10,12,14,17H,4-5,8,11,13H2,(H,23,27). The number of halogens is 1. The Hall–Kier alpha value is -3.02. The Morgan fingerprint density at radius 1 is 1.15 bits per heavy atom. The molecule has 2 aromatic carbocycles. The molecule has 2 heterocycles. The normalized spacial score (nSPS) is 17.1. The second-order valence-electron chi connectivity index (χ2n) is 6.78. The average Bonchev–Trinajstić information content (AvgIpc) is 2.72. The van der Waals surface area contributed by atoms with Crippen LogP contribution in [0.4, 0.5) is 10.2 Å². The van der Waals surface area contributed by atoms with Crippen molar-refractivity contribution in [3.63, 3.8) is 0 Å². The summed E-state index contributed by atoms with van der Waals surface area (Å²) in [7, 11) is 0. The van der Waals surface area contributed by atoms with Gasteiger partial charge in [-0.1, -0.05) is 18.2 Å². The molecule has 5 nitrogen and oxygen atoms in total. The lowest BCUT2D eigenvalue weighted by molar-refractivity contribution is 0.0949. The molecule has 0 spiro atoms. The Bertz CT molecular complexity index is 947. The Morgan fingerprint density at radius 3 is 2.85 bits per heavy atom. The molecular weight excluding hydrogens is 343 g/mol. The summed E-state index contributed by atoms with van der Waals surface area (Å²) in [5.74, 6) is 0.349. The number of carbonyl (C=O) groups is 1. The molecule has 1 unspecified atom stereocenters. The fourth-order valence-corrected chi connectivity index (χ4v) is 3.64. The van der Waals surface area contributed by atoms with Gasteiger partial charge >= 0.3 is 0 Å². The van der Waals surface area contributed by atoms with Crippen molar-refractivity contribution in [2.45, 2.75) is 25.3 Å². The average molecular weight is 364 g/mol. The smallest absolute Gasteiger partial charge is 0.251 e. The quantitative estimate of drug-likeness (QED) is 0.769. The van der Waals surface area contributed by atoms with E-state index in [9.17, 15) is 9.18 Å². The summed E-state index contributed by atoms with van der Waals surface area (Å²) in [5.41, 5.74) is 1.37. The monoisotopic (exact) mass is 364 g/mol. The van der Waals surface area contributed by atoms with E-state index in [0.717, 1.165) is 37.1 Å². The Balaban J connectivity index is 1.56. The molecule has 27 heavy (non-hydrogen) atoms. The minimum atomic E-state index is -0.301. The second-order valence-corrected chi connectivity index (χ2v) is 6.78. The predicted molar refractivity (Wildman–Crippen MR) is 103 cm³/mol. The zero-order valence-corrected chi connectivity index (χ0v) is 14.9. The van der Waals surface area contributed by atoms with E-state index < -0.39 is 0 Å². The molecule has 1 aliphatic heterocycles. The number of piperidine rings is 1. The van der Waals surface area contributed by atoms with Gasteiger partial charge in [-0.25, -0.2) is 14.4 Å². The van der Waals surface area contributed by atoms with E-state index in [2.05, 4.69) is 20.2 Å². The van der Waals surface area contributed by atoms with Crippen LogP contribution in [0.25, 0.3) is 10.9 Å². The van der Waals surface area contributed by atoms with E-state index in [0.29, 0.717) is 17.5 Å². The van der Waals surface area contributed by atoms with Crippen LogP contribution in [0.1, 0.15) is 29.6 Å². The van der Waals surface area contributed by atoms with Gasteiger partial charge in [0.05, 0.1) is 5.52 Å². The van der Waals surface area contributed by atoms with E-state index in [1.54, 1.807) is 18.2 Å². The molecule has 1 N–H and O–H groups in total. The highest BCUT2D eigenvalue weighted by molar-refractivity contribution is 5.94. The maximum atomic E-state index is 13.8. The summed E-state index contributed by atoms with van der Waals surface area (Å²) in [6.07, 6.45) is 4.61. The van der Waals surface area contributed by atoms with Crippen molar-refractivity contribution in [3.05, 3.63) is 66.2 Å². The Morgan fingerprint density at radius 2 is 2.00 bits per heavy atom. The molecule has 0 bridgehead atoms. The van der Waals surface area contributed by atoms with Gasteiger partial charge < -0.3 is 10.2 Å². The maximum Gasteiger partial charge on any atom is 0.251 e. The third kappa shape index (κ3) is 3.74. The number of carbonyl (C=O) groups excluding carboxylic acids is 1. The number of fused-ring (bicyclic) bond motifs is 1. The SMILES string of the molecule is O=C(NCC1CCCCN1c1ncnc2ccc(F)cc12)c1ccccc1. The van der Waals surface area contributed by atoms with Gasteiger partial charge in [0.2, 0.25) is 0 Å². The van der Waals surface area contributed by atoms with E-state index in [1.165, 1.54) is 18.5 Å². The van der Waals surface area contributed by atoms with Crippen LogP contribution >= 0.6 is 0 Å². The maximum absolute atomic E-state index is 13.8. The Kier molecular flexibility index (Phi) is 4.96. The summed E-state index contributed by atoms with van der Waals surface area (Å²) in [5, 5.41) is 3.74. The van der Waals surface area contributed by atoms with Crippen LogP contribution in [0.2, 0.25) is 0 Å². The minimum Gasteiger partial charge on any atom is -0.351 e. The molecule has 1 aromatic heterocycles. The lowest BCUT2D eigenvalue weighted by Gasteiger charge is -2.37. The van der Waals surface area contributed by atoms with Gasteiger partial charge in [-0.05, 0) is 49.6 Å². The molecule has 3 aromatic rings. The number of nitrogens with zero attached hydrogens (tertiary/aromatic N) is 3. The number of rotatable bonds is 4. The highest BCUT2D eigenvalue weighted by atomic mass is 19.1. The first-order valence-corrected chi connectivity index (χ1v) is 9.22. The van der Waals surface area contributed by atoms with Crippen molar-refractivity contribution < 1.29 is 9.18 Å². The largest absolute Gasteiger partial charge is 0.351 e. The van der Waals surface area contributed by atoms with Crippen LogP contribution < -0.4 is 10.2 Å². The zero-order chi connectivity index (χ0) is 18.6. The van der Waals surface area contributed by atoms with E-state index in [-0.39, 0.29) is 17.8 Å². The van der Waals surface area contributed by atoms with Crippen LogP contribution in [-0.4, -0.2) is 35.0 Å². The van der Waals surface area contributed by atoms with Crippen molar-refractivity contribution in [2.24, 2.45) is 0 Å².